The predicted octanol–water partition coefficient (Wildman–Crippen LogP) is -0.199. The summed E-state index contributed by atoms with van der Waals surface area (Å²) in [4.78, 5) is 35.4. The highest BCUT2D eigenvalue weighted by molar-refractivity contribution is 6.02. The van der Waals surface area contributed by atoms with Crippen molar-refractivity contribution in [1.29, 1.82) is 0 Å². The fourth-order valence-electron chi connectivity index (χ4n) is 1.61. The van der Waals surface area contributed by atoms with Gasteiger partial charge in [-0.3, -0.25) is 19.3 Å². The molecule has 102 valence electrons. The molecule has 18 heavy (non-hydrogen) atoms. The topological polar surface area (TPSA) is 86.7 Å². The van der Waals surface area contributed by atoms with Crippen molar-refractivity contribution in [3.05, 3.63) is 0 Å². The lowest BCUT2D eigenvalue weighted by Gasteiger charge is -2.29. The minimum Gasteiger partial charge on any atom is -0.391 e. The molecule has 0 bridgehead atoms. The lowest BCUT2D eigenvalue weighted by atomic mass is 9.98. The molecule has 1 aliphatic rings. The van der Waals surface area contributed by atoms with E-state index in [-0.39, 0.29) is 43.5 Å². The van der Waals surface area contributed by atoms with E-state index in [1.54, 1.807) is 20.8 Å². The summed E-state index contributed by atoms with van der Waals surface area (Å²) in [6, 6.07) is 0. The van der Waals surface area contributed by atoms with Gasteiger partial charge < -0.3 is 10.4 Å². The number of carbonyl (C=O) groups excluding carboxylic acids is 3. The zero-order chi connectivity index (χ0) is 13.9. The van der Waals surface area contributed by atoms with Gasteiger partial charge in [0.1, 0.15) is 0 Å². The molecule has 0 radical (unpaired) electrons. The molecular formula is C12H20N2O4. The molecule has 0 saturated carbocycles. The Morgan fingerprint density at radius 2 is 1.89 bits per heavy atom. The zero-order valence-electron chi connectivity index (χ0n) is 11.0. The van der Waals surface area contributed by atoms with E-state index < -0.39 is 11.6 Å². The van der Waals surface area contributed by atoms with Crippen LogP contribution >= 0.6 is 0 Å². The van der Waals surface area contributed by atoms with Crippen molar-refractivity contribution in [2.24, 2.45) is 0 Å². The Labute approximate surface area is 106 Å². The second kappa shape index (κ2) is 5.48. The van der Waals surface area contributed by atoms with Crippen LogP contribution < -0.4 is 5.32 Å². The summed E-state index contributed by atoms with van der Waals surface area (Å²) in [7, 11) is 0. The Morgan fingerprint density at radius 3 is 2.33 bits per heavy atom. The maximum atomic E-state index is 11.7. The van der Waals surface area contributed by atoms with Crippen LogP contribution in [-0.4, -0.2) is 45.9 Å². The number of aliphatic hydroxyl groups excluding tert-OH is 1. The number of hydrogen-bond acceptors (Lipinski definition) is 4. The van der Waals surface area contributed by atoms with Crippen molar-refractivity contribution < 1.29 is 19.5 Å². The largest absolute Gasteiger partial charge is 0.391 e. The van der Waals surface area contributed by atoms with Crippen molar-refractivity contribution in [2.45, 2.75) is 51.7 Å². The monoisotopic (exact) mass is 256 g/mol. The maximum absolute atomic E-state index is 11.7. The molecule has 6 heteroatoms. The second-order valence-electron chi connectivity index (χ2n) is 5.13. The van der Waals surface area contributed by atoms with E-state index in [9.17, 15) is 19.5 Å². The Hall–Kier alpha value is -1.43. The normalized spacial score (nSPS) is 18.1. The first kappa shape index (κ1) is 14.6. The number of imide groups is 1. The lowest BCUT2D eigenvalue weighted by Crippen LogP contribution is -2.51. The van der Waals surface area contributed by atoms with E-state index in [2.05, 4.69) is 5.32 Å². The summed E-state index contributed by atoms with van der Waals surface area (Å²) >= 11 is 0. The van der Waals surface area contributed by atoms with Gasteiger partial charge in [0.25, 0.3) is 0 Å². The molecule has 0 spiro atoms. The molecule has 1 unspecified atom stereocenters. The van der Waals surface area contributed by atoms with Gasteiger partial charge in [0.05, 0.1) is 11.6 Å². The van der Waals surface area contributed by atoms with Crippen molar-refractivity contribution in [3.8, 4) is 0 Å². The van der Waals surface area contributed by atoms with Crippen LogP contribution in [0.25, 0.3) is 0 Å². The standard InChI is InChI=1S/C12H20N2O4/c1-8(15)12(2,3)13-9(16)6-7-14-10(17)4-5-11(14)18/h8,15H,4-7H2,1-3H3,(H,13,16). The average molecular weight is 256 g/mol. The molecule has 0 aromatic rings. The SMILES string of the molecule is CC(O)C(C)(C)NC(=O)CCN1C(=O)CCC1=O. The molecule has 1 aliphatic heterocycles. The van der Waals surface area contributed by atoms with E-state index in [0.717, 1.165) is 4.90 Å². The number of nitrogens with zero attached hydrogens (tertiary/aromatic N) is 1. The first-order valence-electron chi connectivity index (χ1n) is 6.06. The Balaban J connectivity index is 2.42. The summed E-state index contributed by atoms with van der Waals surface area (Å²) in [6.07, 6.45) is -0.149. The molecule has 2 N–H and O–H groups in total. The van der Waals surface area contributed by atoms with Gasteiger partial charge in [0.15, 0.2) is 0 Å². The number of amides is 3. The van der Waals surface area contributed by atoms with E-state index in [1.807, 2.05) is 0 Å². The zero-order valence-corrected chi connectivity index (χ0v) is 11.0. The van der Waals surface area contributed by atoms with Crippen LogP contribution in [-0.2, 0) is 14.4 Å². The van der Waals surface area contributed by atoms with Crippen LogP contribution in [0.4, 0.5) is 0 Å². The highest BCUT2D eigenvalue weighted by atomic mass is 16.3. The van der Waals surface area contributed by atoms with Gasteiger partial charge in [-0.15, -0.1) is 0 Å². The van der Waals surface area contributed by atoms with Crippen LogP contribution in [0, 0.1) is 0 Å². The van der Waals surface area contributed by atoms with E-state index >= 15 is 0 Å². The quantitative estimate of drug-likeness (QED) is 0.667. The highest BCUT2D eigenvalue weighted by Crippen LogP contribution is 2.12. The Bertz CT molecular complexity index is 347. The average Bonchev–Trinajstić information content (AvgIpc) is 2.55. The summed E-state index contributed by atoms with van der Waals surface area (Å²) in [6.45, 7) is 5.12. The fraction of sp³-hybridized carbons (Fsp3) is 0.750. The Morgan fingerprint density at radius 1 is 1.39 bits per heavy atom. The second-order valence-corrected chi connectivity index (χ2v) is 5.13. The maximum Gasteiger partial charge on any atom is 0.229 e. The van der Waals surface area contributed by atoms with Gasteiger partial charge in [-0.05, 0) is 20.8 Å². The van der Waals surface area contributed by atoms with Crippen LogP contribution in [0.1, 0.15) is 40.0 Å². The van der Waals surface area contributed by atoms with Crippen LogP contribution in [0.3, 0.4) is 0 Å². The first-order valence-corrected chi connectivity index (χ1v) is 6.06. The van der Waals surface area contributed by atoms with Gasteiger partial charge in [-0.25, -0.2) is 0 Å². The van der Waals surface area contributed by atoms with Crippen molar-refractivity contribution in [2.75, 3.05) is 6.54 Å². The summed E-state index contributed by atoms with van der Waals surface area (Å²) in [5, 5.41) is 12.1. The molecule has 3 amide bonds. The van der Waals surface area contributed by atoms with Crippen LogP contribution in [0.15, 0.2) is 0 Å². The molecule has 0 aromatic heterocycles. The number of carbonyl (C=O) groups is 3. The van der Waals surface area contributed by atoms with Crippen LogP contribution in [0.5, 0.6) is 0 Å². The van der Waals surface area contributed by atoms with Gasteiger partial charge in [0.2, 0.25) is 17.7 Å². The molecule has 1 heterocycles. The number of hydrogen-bond donors (Lipinski definition) is 2. The predicted molar refractivity (Wildman–Crippen MR) is 64.5 cm³/mol. The van der Waals surface area contributed by atoms with Gasteiger partial charge in [0, 0.05) is 25.8 Å². The molecular weight excluding hydrogens is 236 g/mol. The third kappa shape index (κ3) is 3.53. The number of aliphatic hydroxyl groups is 1. The first-order chi connectivity index (χ1) is 8.24. The molecule has 0 aliphatic carbocycles. The van der Waals surface area contributed by atoms with E-state index in [0.29, 0.717) is 0 Å². The van der Waals surface area contributed by atoms with Gasteiger partial charge in [-0.2, -0.15) is 0 Å². The number of nitrogens with one attached hydrogen (secondary N) is 1. The van der Waals surface area contributed by atoms with Crippen molar-refractivity contribution in [3.63, 3.8) is 0 Å². The highest BCUT2D eigenvalue weighted by Gasteiger charge is 2.30. The summed E-state index contributed by atoms with van der Waals surface area (Å²) < 4.78 is 0. The minimum absolute atomic E-state index is 0.0631. The molecule has 1 atom stereocenters. The third-order valence-corrected chi connectivity index (χ3v) is 3.22. The molecule has 1 saturated heterocycles. The molecule has 1 fully saturated rings. The van der Waals surface area contributed by atoms with E-state index in [1.165, 1.54) is 0 Å². The molecule has 6 nitrogen and oxygen atoms in total. The van der Waals surface area contributed by atoms with E-state index in [4.69, 9.17) is 0 Å². The molecule has 1 rings (SSSR count). The summed E-state index contributed by atoms with van der Waals surface area (Å²) in [5.74, 6) is -0.724. The number of likely N-dealkylation sites (tertiary alicyclic amines) is 1. The fourth-order valence-corrected chi connectivity index (χ4v) is 1.61. The Kier molecular flexibility index (Phi) is 4.45. The molecule has 0 aromatic carbocycles. The minimum atomic E-state index is -0.726. The van der Waals surface area contributed by atoms with Crippen molar-refractivity contribution >= 4 is 17.7 Å². The van der Waals surface area contributed by atoms with Crippen LogP contribution in [0.2, 0.25) is 0 Å². The third-order valence-electron chi connectivity index (χ3n) is 3.22. The number of rotatable bonds is 5. The van der Waals surface area contributed by atoms with Gasteiger partial charge >= 0.3 is 0 Å². The van der Waals surface area contributed by atoms with Gasteiger partial charge in [-0.1, -0.05) is 0 Å². The van der Waals surface area contributed by atoms with Crippen molar-refractivity contribution in [1.82, 2.24) is 10.2 Å². The lowest BCUT2D eigenvalue weighted by molar-refractivity contribution is -0.138. The smallest absolute Gasteiger partial charge is 0.229 e. The summed E-state index contributed by atoms with van der Waals surface area (Å²) in [5.41, 5.74) is -0.726.